The summed E-state index contributed by atoms with van der Waals surface area (Å²) in [7, 11) is 0. The van der Waals surface area contributed by atoms with Gasteiger partial charge in [0.2, 0.25) is 23.7 Å². The van der Waals surface area contributed by atoms with E-state index in [9.17, 15) is 19.2 Å². The van der Waals surface area contributed by atoms with Crippen LogP contribution in [0.4, 0.5) is 11.9 Å². The Balaban J connectivity index is 0.000000234. The summed E-state index contributed by atoms with van der Waals surface area (Å²) in [4.78, 5) is 72.8. The maximum absolute atomic E-state index is 12.5. The highest BCUT2D eigenvalue weighted by atomic mass is 35.5. The van der Waals surface area contributed by atoms with Gasteiger partial charge in [-0.25, -0.2) is 30.1 Å². The molecular formula is C40H54Cl2N12O8. The summed E-state index contributed by atoms with van der Waals surface area (Å²) in [6.07, 6.45) is 10.9. The number of aromatic amines is 2. The van der Waals surface area contributed by atoms with Gasteiger partial charge in [-0.15, -0.1) is 0 Å². The lowest BCUT2D eigenvalue weighted by molar-refractivity contribution is -0.134. The number of rotatable bonds is 18. The van der Waals surface area contributed by atoms with Crippen LogP contribution in [-0.4, -0.2) is 153 Å². The summed E-state index contributed by atoms with van der Waals surface area (Å²) < 4.78 is 23.0. The molecule has 2 amide bonds. The molecule has 20 nitrogen and oxygen atoms in total. The third-order valence-corrected chi connectivity index (χ3v) is 10.6. The SMILES string of the molecule is CC[C@@H](COCCC(=O)N1CCN(c2ncc(Cl)cn2)CC1)Oc1cn[nH]c(=O)c1C.CC[C@@H](COc1cn[nH]c(=O)c1C)OCCC(=O)N1CCN(c2ncc(Cl)cn2)CC1. The summed E-state index contributed by atoms with van der Waals surface area (Å²) in [6.45, 7) is 13.7. The first-order valence-electron chi connectivity index (χ1n) is 20.5. The number of hydrogen-bond acceptors (Lipinski definition) is 16. The number of anilines is 2. The summed E-state index contributed by atoms with van der Waals surface area (Å²) in [5, 5.41) is 13.2. The van der Waals surface area contributed by atoms with Gasteiger partial charge in [-0.05, 0) is 26.7 Å². The Bertz CT molecular complexity index is 2130. The Kier molecular flexibility index (Phi) is 18.6. The van der Waals surface area contributed by atoms with E-state index in [0.29, 0.717) is 136 Å². The molecule has 62 heavy (non-hydrogen) atoms. The van der Waals surface area contributed by atoms with Crippen molar-refractivity contribution in [2.24, 2.45) is 0 Å². The fourth-order valence-electron chi connectivity index (χ4n) is 6.28. The zero-order valence-electron chi connectivity index (χ0n) is 35.4. The van der Waals surface area contributed by atoms with Crippen LogP contribution < -0.4 is 30.4 Å². The van der Waals surface area contributed by atoms with E-state index in [4.69, 9.17) is 42.1 Å². The third kappa shape index (κ3) is 14.3. The largest absolute Gasteiger partial charge is 0.489 e. The highest BCUT2D eigenvalue weighted by Crippen LogP contribution is 2.17. The van der Waals surface area contributed by atoms with E-state index in [-0.39, 0.29) is 41.7 Å². The predicted octanol–water partition coefficient (Wildman–Crippen LogP) is 2.87. The molecule has 0 unspecified atom stereocenters. The van der Waals surface area contributed by atoms with Crippen molar-refractivity contribution in [3.63, 3.8) is 0 Å². The van der Waals surface area contributed by atoms with Crippen LogP contribution in [0.5, 0.6) is 11.5 Å². The lowest BCUT2D eigenvalue weighted by atomic mass is 10.2. The maximum atomic E-state index is 12.5. The molecule has 0 aromatic carbocycles. The van der Waals surface area contributed by atoms with Gasteiger partial charge in [0, 0.05) is 52.4 Å². The molecule has 22 heteroatoms. The Morgan fingerprint density at radius 2 is 1.10 bits per heavy atom. The van der Waals surface area contributed by atoms with Gasteiger partial charge in [0.1, 0.15) is 24.2 Å². The van der Waals surface area contributed by atoms with Gasteiger partial charge in [0.15, 0.2) is 0 Å². The van der Waals surface area contributed by atoms with Crippen molar-refractivity contribution in [3.8, 4) is 11.5 Å². The van der Waals surface area contributed by atoms with E-state index >= 15 is 0 Å². The van der Waals surface area contributed by atoms with Gasteiger partial charge >= 0.3 is 0 Å². The fraction of sp³-hybridized carbons (Fsp3) is 0.550. The van der Waals surface area contributed by atoms with Crippen LogP contribution in [0, 0.1) is 13.8 Å². The monoisotopic (exact) mass is 900 g/mol. The van der Waals surface area contributed by atoms with Crippen LogP contribution in [0.3, 0.4) is 0 Å². The quantitative estimate of drug-likeness (QED) is 0.137. The number of nitrogens with one attached hydrogen (secondary N) is 2. The fourth-order valence-corrected chi connectivity index (χ4v) is 6.48. The van der Waals surface area contributed by atoms with Crippen LogP contribution in [0.2, 0.25) is 10.0 Å². The van der Waals surface area contributed by atoms with E-state index < -0.39 is 0 Å². The standard InChI is InChI=1S/2C20H27ClN6O4/c1-3-16(13-31-17-12-24-25-19(29)14(17)2)30-9-4-18(28)26-5-7-27(8-6-26)20-22-10-15(21)11-23-20;1-3-16(31-17-12-24-25-19(29)14(17)2)13-30-9-4-18(28)26-5-7-27(8-6-26)20-22-10-15(21)11-23-20/h2*10-12,16H,3-9,13H2,1-2H3,(H,25,29)/t2*16-/m00/s1. The Labute approximate surface area is 369 Å². The van der Waals surface area contributed by atoms with Gasteiger partial charge in [0.05, 0.1) is 97.1 Å². The number of amides is 2. The zero-order chi connectivity index (χ0) is 44.4. The van der Waals surface area contributed by atoms with Gasteiger partial charge in [0.25, 0.3) is 11.1 Å². The predicted molar refractivity (Wildman–Crippen MR) is 231 cm³/mol. The topological polar surface area (TPSA) is 227 Å². The second-order valence-electron chi connectivity index (χ2n) is 14.5. The molecule has 0 aliphatic carbocycles. The van der Waals surface area contributed by atoms with Crippen molar-refractivity contribution in [3.05, 3.63) is 79.1 Å². The third-order valence-electron chi connectivity index (χ3n) is 10.2. The van der Waals surface area contributed by atoms with Crippen LogP contribution in [0.25, 0.3) is 0 Å². The van der Waals surface area contributed by atoms with Crippen molar-refractivity contribution in [2.45, 2.75) is 65.6 Å². The molecule has 2 saturated heterocycles. The first kappa shape index (κ1) is 47.6. The molecule has 0 spiro atoms. The Morgan fingerprint density at radius 1 is 0.645 bits per heavy atom. The average molecular weight is 902 g/mol. The van der Waals surface area contributed by atoms with Crippen LogP contribution >= 0.6 is 23.2 Å². The average Bonchev–Trinajstić information content (AvgIpc) is 3.29. The molecule has 2 aliphatic heterocycles. The van der Waals surface area contributed by atoms with Gasteiger partial charge in [-0.1, -0.05) is 37.0 Å². The van der Waals surface area contributed by atoms with Crippen molar-refractivity contribution in [1.29, 1.82) is 0 Å². The number of hydrogen-bond donors (Lipinski definition) is 2. The Morgan fingerprint density at radius 3 is 1.58 bits per heavy atom. The number of aromatic nitrogens is 8. The van der Waals surface area contributed by atoms with Crippen LogP contribution in [0.1, 0.15) is 50.7 Å². The van der Waals surface area contributed by atoms with Gasteiger partial charge in [-0.2, -0.15) is 10.2 Å². The number of piperazine rings is 2. The number of carbonyl (C=O) groups excluding carboxylic acids is 2. The molecule has 4 aromatic heterocycles. The lowest BCUT2D eigenvalue weighted by Gasteiger charge is -2.34. The highest BCUT2D eigenvalue weighted by Gasteiger charge is 2.24. The molecule has 2 N–H and O–H groups in total. The van der Waals surface area contributed by atoms with Crippen molar-refractivity contribution in [2.75, 3.05) is 88.6 Å². The minimum absolute atomic E-state index is 0.0558. The molecule has 0 bridgehead atoms. The minimum atomic E-state index is -0.278. The molecule has 2 fully saturated rings. The van der Waals surface area contributed by atoms with Crippen molar-refractivity contribution in [1.82, 2.24) is 50.1 Å². The van der Waals surface area contributed by atoms with E-state index in [0.717, 1.165) is 6.42 Å². The molecule has 2 atom stereocenters. The van der Waals surface area contributed by atoms with Crippen molar-refractivity contribution < 1.29 is 28.5 Å². The minimum Gasteiger partial charge on any atom is -0.489 e. The van der Waals surface area contributed by atoms with E-state index in [1.165, 1.54) is 12.4 Å². The van der Waals surface area contributed by atoms with Crippen molar-refractivity contribution >= 4 is 46.9 Å². The molecule has 6 heterocycles. The first-order valence-corrected chi connectivity index (χ1v) is 21.3. The first-order chi connectivity index (χ1) is 29.9. The molecule has 0 radical (unpaired) electrons. The summed E-state index contributed by atoms with van der Waals surface area (Å²) in [5.41, 5.74) is 0.399. The maximum Gasteiger partial charge on any atom is 0.270 e. The molecule has 336 valence electrons. The normalized spacial score (nSPS) is 15.1. The molecule has 2 aliphatic rings. The van der Waals surface area contributed by atoms with Crippen LogP contribution in [-0.2, 0) is 19.1 Å². The smallest absolute Gasteiger partial charge is 0.270 e. The lowest BCUT2D eigenvalue weighted by Crippen LogP contribution is -2.49. The second-order valence-corrected chi connectivity index (χ2v) is 15.3. The van der Waals surface area contributed by atoms with Gasteiger partial charge in [-0.3, -0.25) is 19.2 Å². The number of H-pyrrole nitrogens is 2. The van der Waals surface area contributed by atoms with E-state index in [2.05, 4.69) is 40.3 Å². The van der Waals surface area contributed by atoms with E-state index in [1.54, 1.807) is 38.6 Å². The molecule has 6 rings (SSSR count). The number of ether oxygens (including phenoxy) is 4. The summed E-state index contributed by atoms with van der Waals surface area (Å²) in [6, 6.07) is 0. The number of halogens is 2. The number of nitrogens with zero attached hydrogens (tertiary/aromatic N) is 10. The Hall–Kier alpha value is -5.44. The summed E-state index contributed by atoms with van der Waals surface area (Å²) >= 11 is 11.7. The van der Waals surface area contributed by atoms with Crippen LogP contribution in [0.15, 0.2) is 46.8 Å². The molecule has 4 aromatic rings. The van der Waals surface area contributed by atoms with Gasteiger partial charge < -0.3 is 38.5 Å². The highest BCUT2D eigenvalue weighted by molar-refractivity contribution is 6.30. The van der Waals surface area contributed by atoms with E-state index in [1.807, 2.05) is 33.4 Å². The molecular weight excluding hydrogens is 847 g/mol. The molecule has 0 saturated carbocycles. The second kappa shape index (κ2) is 24.3. The summed E-state index contributed by atoms with van der Waals surface area (Å²) in [5.74, 6) is 2.23. The number of carbonyl (C=O) groups is 2. The zero-order valence-corrected chi connectivity index (χ0v) is 36.9.